The van der Waals surface area contributed by atoms with E-state index in [0.29, 0.717) is 6.42 Å². The van der Waals surface area contributed by atoms with Crippen LogP contribution in [0.15, 0.2) is 0 Å². The Hall–Kier alpha value is -0.940. The standard InChI is InChI=1S/C21H40O5/c1-2-3-4-5-6-7-8-9-10-11-12-13-14-15-16-18(21(25)26)20(24)19(23)17-22/h18-19,22-23H,2-17H2,1H3,(H,25,26). The van der Waals surface area contributed by atoms with Gasteiger partial charge in [-0.15, -0.1) is 0 Å². The van der Waals surface area contributed by atoms with Crippen molar-refractivity contribution in [2.45, 2.75) is 109 Å². The molecule has 2 atom stereocenters. The zero-order valence-electron chi connectivity index (χ0n) is 16.6. The maximum atomic E-state index is 11.7. The number of ketones is 1. The Morgan fingerprint density at radius 1 is 0.731 bits per heavy atom. The van der Waals surface area contributed by atoms with E-state index in [4.69, 9.17) is 10.2 Å². The van der Waals surface area contributed by atoms with Gasteiger partial charge in [-0.05, 0) is 6.42 Å². The highest BCUT2D eigenvalue weighted by Gasteiger charge is 2.30. The van der Waals surface area contributed by atoms with E-state index in [0.717, 1.165) is 19.3 Å². The molecule has 0 aliphatic heterocycles. The minimum atomic E-state index is -1.58. The second-order valence-electron chi connectivity index (χ2n) is 7.38. The van der Waals surface area contributed by atoms with E-state index in [1.165, 1.54) is 64.2 Å². The summed E-state index contributed by atoms with van der Waals surface area (Å²) in [6.07, 6.45) is 15.7. The summed E-state index contributed by atoms with van der Waals surface area (Å²) in [4.78, 5) is 22.8. The molecule has 5 nitrogen and oxygen atoms in total. The average Bonchev–Trinajstić information content (AvgIpc) is 2.63. The average molecular weight is 373 g/mol. The first kappa shape index (κ1) is 25.1. The van der Waals surface area contributed by atoms with Gasteiger partial charge in [0.1, 0.15) is 12.0 Å². The number of hydrogen-bond acceptors (Lipinski definition) is 4. The second-order valence-corrected chi connectivity index (χ2v) is 7.38. The highest BCUT2D eigenvalue weighted by atomic mass is 16.4. The molecule has 5 heteroatoms. The molecule has 2 unspecified atom stereocenters. The fourth-order valence-corrected chi connectivity index (χ4v) is 3.25. The van der Waals surface area contributed by atoms with E-state index in [9.17, 15) is 14.7 Å². The zero-order chi connectivity index (χ0) is 19.6. The first-order chi connectivity index (χ1) is 12.5. The maximum absolute atomic E-state index is 11.7. The van der Waals surface area contributed by atoms with E-state index >= 15 is 0 Å². The Morgan fingerprint density at radius 2 is 1.12 bits per heavy atom. The molecule has 154 valence electrons. The number of carboxylic acids is 1. The summed E-state index contributed by atoms with van der Waals surface area (Å²) in [5.41, 5.74) is 0. The van der Waals surface area contributed by atoms with Gasteiger partial charge >= 0.3 is 5.97 Å². The number of aliphatic hydroxyl groups excluding tert-OH is 2. The van der Waals surface area contributed by atoms with Crippen LogP contribution >= 0.6 is 0 Å². The lowest BCUT2D eigenvalue weighted by Crippen LogP contribution is -2.35. The minimum absolute atomic E-state index is 0.239. The number of carboxylic acid groups (broad SMARTS) is 1. The van der Waals surface area contributed by atoms with Crippen molar-refractivity contribution in [3.05, 3.63) is 0 Å². The number of Topliss-reactive ketones (excluding diaryl/α,β-unsaturated/α-hetero) is 1. The summed E-state index contributed by atoms with van der Waals surface area (Å²) < 4.78 is 0. The molecule has 0 bridgehead atoms. The van der Waals surface area contributed by atoms with Gasteiger partial charge in [0.2, 0.25) is 0 Å². The fraction of sp³-hybridized carbons (Fsp3) is 0.905. The van der Waals surface area contributed by atoms with E-state index in [-0.39, 0.29) is 6.42 Å². The van der Waals surface area contributed by atoms with Gasteiger partial charge in [0.05, 0.1) is 6.61 Å². The number of aliphatic carboxylic acids is 1. The van der Waals surface area contributed by atoms with Gasteiger partial charge in [0.25, 0.3) is 0 Å². The third-order valence-electron chi connectivity index (χ3n) is 4.99. The monoisotopic (exact) mass is 372 g/mol. The second kappa shape index (κ2) is 17.5. The van der Waals surface area contributed by atoms with Crippen LogP contribution in [0.4, 0.5) is 0 Å². The zero-order valence-corrected chi connectivity index (χ0v) is 16.6. The van der Waals surface area contributed by atoms with Crippen LogP contribution < -0.4 is 0 Å². The van der Waals surface area contributed by atoms with Gasteiger partial charge < -0.3 is 15.3 Å². The van der Waals surface area contributed by atoms with Crippen LogP contribution in [0.1, 0.15) is 103 Å². The minimum Gasteiger partial charge on any atom is -0.481 e. The van der Waals surface area contributed by atoms with Gasteiger partial charge in [-0.25, -0.2) is 0 Å². The highest BCUT2D eigenvalue weighted by molar-refractivity contribution is 6.00. The molecule has 3 N–H and O–H groups in total. The summed E-state index contributed by atoms with van der Waals surface area (Å²) in [5, 5.41) is 27.1. The molecule has 0 aromatic heterocycles. The third kappa shape index (κ3) is 13.3. The molecule has 0 aromatic carbocycles. The summed E-state index contributed by atoms with van der Waals surface area (Å²) in [7, 11) is 0. The van der Waals surface area contributed by atoms with E-state index < -0.39 is 30.4 Å². The molecule has 0 aromatic rings. The van der Waals surface area contributed by atoms with Crippen LogP contribution in [0.5, 0.6) is 0 Å². The number of unbranched alkanes of at least 4 members (excludes halogenated alkanes) is 13. The molecule has 0 rings (SSSR count). The largest absolute Gasteiger partial charge is 0.481 e. The van der Waals surface area contributed by atoms with Crippen molar-refractivity contribution in [2.24, 2.45) is 5.92 Å². The SMILES string of the molecule is CCCCCCCCCCCCCCCCC(C(=O)O)C(=O)C(O)CO. The number of carbonyl (C=O) groups excluding carboxylic acids is 1. The van der Waals surface area contributed by atoms with Gasteiger partial charge in [0, 0.05) is 0 Å². The van der Waals surface area contributed by atoms with Crippen LogP contribution in [-0.2, 0) is 9.59 Å². The fourth-order valence-electron chi connectivity index (χ4n) is 3.25. The molecule has 0 spiro atoms. The van der Waals surface area contributed by atoms with Crippen LogP contribution in [0.2, 0.25) is 0 Å². The van der Waals surface area contributed by atoms with E-state index in [2.05, 4.69) is 6.92 Å². The van der Waals surface area contributed by atoms with Crippen LogP contribution in [-0.4, -0.2) is 39.8 Å². The van der Waals surface area contributed by atoms with Crippen molar-refractivity contribution in [3.8, 4) is 0 Å². The normalized spacial score (nSPS) is 13.5. The number of hydrogen-bond donors (Lipinski definition) is 3. The smallest absolute Gasteiger partial charge is 0.314 e. The van der Waals surface area contributed by atoms with Crippen molar-refractivity contribution in [3.63, 3.8) is 0 Å². The molecule has 0 amide bonds. The lowest BCUT2D eigenvalue weighted by Gasteiger charge is -2.14. The lowest BCUT2D eigenvalue weighted by atomic mass is 9.93. The Bertz CT molecular complexity index is 356. The van der Waals surface area contributed by atoms with Crippen LogP contribution in [0.3, 0.4) is 0 Å². The highest BCUT2D eigenvalue weighted by Crippen LogP contribution is 2.16. The first-order valence-corrected chi connectivity index (χ1v) is 10.6. The molecular weight excluding hydrogens is 332 g/mol. The summed E-state index contributed by atoms with van der Waals surface area (Å²) in [6, 6.07) is 0. The molecule has 0 fully saturated rings. The van der Waals surface area contributed by atoms with E-state index in [1.54, 1.807) is 0 Å². The number of rotatable bonds is 19. The van der Waals surface area contributed by atoms with Crippen molar-refractivity contribution in [2.75, 3.05) is 6.61 Å². The Balaban J connectivity index is 3.51. The third-order valence-corrected chi connectivity index (χ3v) is 4.99. The predicted molar refractivity (Wildman–Crippen MR) is 104 cm³/mol. The topological polar surface area (TPSA) is 94.8 Å². The maximum Gasteiger partial charge on any atom is 0.314 e. The molecular formula is C21H40O5. The molecule has 0 aliphatic rings. The quantitative estimate of drug-likeness (QED) is 0.229. The van der Waals surface area contributed by atoms with Gasteiger partial charge in [-0.1, -0.05) is 96.8 Å². The van der Waals surface area contributed by atoms with Crippen LogP contribution in [0, 0.1) is 5.92 Å². The predicted octanol–water partition coefficient (Wildman–Crippen LogP) is 4.48. The molecule has 0 saturated heterocycles. The summed E-state index contributed by atoms with van der Waals surface area (Å²) >= 11 is 0. The number of carbonyl (C=O) groups is 2. The molecule has 26 heavy (non-hydrogen) atoms. The first-order valence-electron chi connectivity index (χ1n) is 10.6. The van der Waals surface area contributed by atoms with Gasteiger partial charge in [0.15, 0.2) is 5.78 Å². The Labute approximate surface area is 159 Å². The molecule has 0 aliphatic carbocycles. The Morgan fingerprint density at radius 3 is 1.46 bits per heavy atom. The van der Waals surface area contributed by atoms with Gasteiger partial charge in [-0.2, -0.15) is 0 Å². The molecule has 0 saturated carbocycles. The number of aliphatic hydroxyl groups is 2. The molecule has 0 radical (unpaired) electrons. The van der Waals surface area contributed by atoms with Crippen molar-refractivity contribution in [1.29, 1.82) is 0 Å². The summed E-state index contributed by atoms with van der Waals surface area (Å²) in [5.74, 6) is -3.19. The molecule has 0 heterocycles. The summed E-state index contributed by atoms with van der Waals surface area (Å²) in [6.45, 7) is 1.52. The lowest BCUT2D eigenvalue weighted by molar-refractivity contribution is -0.150. The van der Waals surface area contributed by atoms with Crippen LogP contribution in [0.25, 0.3) is 0 Å². The Kier molecular flexibility index (Phi) is 16.8. The van der Waals surface area contributed by atoms with Crippen molar-refractivity contribution >= 4 is 11.8 Å². The van der Waals surface area contributed by atoms with Crippen molar-refractivity contribution < 1.29 is 24.9 Å². The van der Waals surface area contributed by atoms with Gasteiger partial charge in [-0.3, -0.25) is 9.59 Å². The van der Waals surface area contributed by atoms with Crippen molar-refractivity contribution in [1.82, 2.24) is 0 Å². The van der Waals surface area contributed by atoms with E-state index in [1.807, 2.05) is 0 Å².